The van der Waals surface area contributed by atoms with Crippen molar-refractivity contribution in [1.29, 1.82) is 0 Å². The van der Waals surface area contributed by atoms with Crippen LogP contribution in [0.5, 0.6) is 0 Å². The van der Waals surface area contributed by atoms with Crippen molar-refractivity contribution in [3.8, 4) is 22.8 Å². The average Bonchev–Trinajstić information content (AvgIpc) is 3.40. The number of H-pyrrole nitrogens is 1. The van der Waals surface area contributed by atoms with Gasteiger partial charge in [0.25, 0.3) is 11.4 Å². The molecular formula is C19H17ClF3N7O2. The lowest BCUT2D eigenvalue weighted by molar-refractivity contribution is -0.137. The number of nitrogens with zero attached hydrogens (tertiary/aromatic N) is 5. The lowest BCUT2D eigenvalue weighted by atomic mass is 9.94. The van der Waals surface area contributed by atoms with Gasteiger partial charge >= 0.3 is 6.18 Å². The van der Waals surface area contributed by atoms with E-state index in [0.29, 0.717) is 11.2 Å². The summed E-state index contributed by atoms with van der Waals surface area (Å²) in [6, 6.07) is 2.37. The van der Waals surface area contributed by atoms with Crippen LogP contribution in [0.25, 0.3) is 28.5 Å². The van der Waals surface area contributed by atoms with Gasteiger partial charge in [0.2, 0.25) is 5.82 Å². The highest BCUT2D eigenvalue weighted by Gasteiger charge is 2.35. The number of nitrogens with one attached hydrogen (secondary N) is 2. The molecule has 13 heteroatoms. The summed E-state index contributed by atoms with van der Waals surface area (Å²) >= 11 is 0. The molecule has 0 unspecified atom stereocenters. The largest absolute Gasteiger partial charge is 0.417 e. The number of hydrogen-bond acceptors (Lipinski definition) is 7. The number of alkyl halides is 3. The Hall–Kier alpha value is -3.25. The highest BCUT2D eigenvalue weighted by atomic mass is 35.5. The van der Waals surface area contributed by atoms with Crippen LogP contribution in [0.1, 0.15) is 30.0 Å². The zero-order chi connectivity index (χ0) is 21.6. The Balaban J connectivity index is 0.00000245. The van der Waals surface area contributed by atoms with E-state index in [-0.39, 0.29) is 41.2 Å². The molecule has 5 heterocycles. The van der Waals surface area contributed by atoms with Gasteiger partial charge in [-0.15, -0.1) is 12.4 Å². The van der Waals surface area contributed by atoms with Crippen LogP contribution in [0.2, 0.25) is 0 Å². The van der Waals surface area contributed by atoms with E-state index < -0.39 is 11.7 Å². The van der Waals surface area contributed by atoms with Crippen LogP contribution < -0.4 is 10.9 Å². The minimum Gasteiger partial charge on any atom is -0.333 e. The molecule has 1 saturated heterocycles. The standard InChI is InChI=1S/C19H16F3N7O2.ClH/c20-19(21,22)13-3-6-24-8-11(13)16-27-18(31-28-16)12-9-25-29-14(7-15(30)26-17(12)29)10-1-4-23-5-2-10;/h3,6-10,23H,1-2,4-5H2,(H,26,30);1H. The van der Waals surface area contributed by atoms with Crippen molar-refractivity contribution < 1.29 is 17.7 Å². The molecule has 4 aromatic heterocycles. The fourth-order valence-electron chi connectivity index (χ4n) is 3.84. The Morgan fingerprint density at radius 1 is 1.16 bits per heavy atom. The molecule has 5 rings (SSSR count). The Morgan fingerprint density at radius 2 is 1.94 bits per heavy atom. The zero-order valence-electron chi connectivity index (χ0n) is 16.4. The summed E-state index contributed by atoms with van der Waals surface area (Å²) < 4.78 is 46.8. The number of aromatic amines is 1. The molecule has 0 radical (unpaired) electrons. The minimum atomic E-state index is -4.60. The van der Waals surface area contributed by atoms with Gasteiger partial charge in [-0.05, 0) is 32.0 Å². The molecule has 0 atom stereocenters. The first-order chi connectivity index (χ1) is 14.9. The SMILES string of the molecule is Cl.O=c1cc(C2CCNCC2)n2ncc(-c3nc(-c4cnccc4C(F)(F)F)no3)c2[nH]1. The van der Waals surface area contributed by atoms with Gasteiger partial charge in [0, 0.05) is 24.4 Å². The fourth-order valence-corrected chi connectivity index (χ4v) is 3.84. The lowest BCUT2D eigenvalue weighted by Crippen LogP contribution is -2.28. The van der Waals surface area contributed by atoms with Crippen LogP contribution in [0.15, 0.2) is 40.0 Å². The predicted molar refractivity (Wildman–Crippen MR) is 109 cm³/mol. The zero-order valence-corrected chi connectivity index (χ0v) is 17.2. The number of hydrogen-bond donors (Lipinski definition) is 2. The topological polar surface area (TPSA) is 114 Å². The van der Waals surface area contributed by atoms with Crippen molar-refractivity contribution in [3.05, 3.63) is 52.3 Å². The molecule has 2 N–H and O–H groups in total. The van der Waals surface area contributed by atoms with Crippen molar-refractivity contribution in [2.24, 2.45) is 0 Å². The second-order valence-corrected chi connectivity index (χ2v) is 7.24. The molecule has 0 saturated carbocycles. The van der Waals surface area contributed by atoms with Gasteiger partial charge in [-0.3, -0.25) is 9.78 Å². The van der Waals surface area contributed by atoms with E-state index in [1.54, 1.807) is 4.52 Å². The first-order valence-corrected chi connectivity index (χ1v) is 9.59. The summed E-state index contributed by atoms with van der Waals surface area (Å²) in [6.45, 7) is 1.68. The highest BCUT2D eigenvalue weighted by molar-refractivity contribution is 5.85. The first kappa shape index (κ1) is 22.0. The number of pyridine rings is 1. The van der Waals surface area contributed by atoms with Gasteiger partial charge in [-0.1, -0.05) is 5.16 Å². The maximum absolute atomic E-state index is 13.3. The second-order valence-electron chi connectivity index (χ2n) is 7.24. The third-order valence-electron chi connectivity index (χ3n) is 5.32. The van der Waals surface area contributed by atoms with Crippen molar-refractivity contribution in [1.82, 2.24) is 35.0 Å². The third kappa shape index (κ3) is 3.86. The molecule has 4 aromatic rings. The summed E-state index contributed by atoms with van der Waals surface area (Å²) in [7, 11) is 0. The molecule has 0 spiro atoms. The smallest absolute Gasteiger partial charge is 0.333 e. The van der Waals surface area contributed by atoms with E-state index in [1.165, 1.54) is 12.3 Å². The van der Waals surface area contributed by atoms with Crippen molar-refractivity contribution in [3.63, 3.8) is 0 Å². The molecule has 1 aliphatic rings. The van der Waals surface area contributed by atoms with Crippen molar-refractivity contribution in [2.75, 3.05) is 13.1 Å². The molecule has 0 aliphatic carbocycles. The summed E-state index contributed by atoms with van der Waals surface area (Å²) in [5.74, 6) is -0.159. The van der Waals surface area contributed by atoms with Crippen molar-refractivity contribution >= 4 is 18.1 Å². The predicted octanol–water partition coefficient (Wildman–Crippen LogP) is 3.04. The molecule has 1 fully saturated rings. The number of piperidine rings is 1. The van der Waals surface area contributed by atoms with Crippen LogP contribution in [-0.4, -0.2) is 42.8 Å². The van der Waals surface area contributed by atoms with Crippen LogP contribution in [-0.2, 0) is 6.18 Å². The molecule has 168 valence electrons. The van der Waals surface area contributed by atoms with Gasteiger partial charge in [-0.2, -0.15) is 23.3 Å². The fraction of sp³-hybridized carbons (Fsp3) is 0.316. The molecular weight excluding hydrogens is 451 g/mol. The van der Waals surface area contributed by atoms with E-state index in [1.807, 2.05) is 0 Å². The lowest BCUT2D eigenvalue weighted by Gasteiger charge is -2.23. The summed E-state index contributed by atoms with van der Waals surface area (Å²) in [5, 5.41) is 11.3. The first-order valence-electron chi connectivity index (χ1n) is 9.59. The third-order valence-corrected chi connectivity index (χ3v) is 5.32. The summed E-state index contributed by atoms with van der Waals surface area (Å²) in [5.41, 5.74) is -0.101. The van der Waals surface area contributed by atoms with Gasteiger partial charge in [0.15, 0.2) is 0 Å². The van der Waals surface area contributed by atoms with Gasteiger partial charge in [0.1, 0.15) is 11.2 Å². The van der Waals surface area contributed by atoms with Crippen LogP contribution >= 0.6 is 12.4 Å². The Morgan fingerprint density at radius 3 is 2.69 bits per heavy atom. The summed E-state index contributed by atoms with van der Waals surface area (Å²) in [4.78, 5) is 22.9. The number of fused-ring (bicyclic) bond motifs is 1. The van der Waals surface area contributed by atoms with E-state index >= 15 is 0 Å². The Kier molecular flexibility index (Phi) is 5.73. The maximum atomic E-state index is 13.3. The van der Waals surface area contributed by atoms with E-state index in [2.05, 4.69) is 30.5 Å². The molecule has 0 bridgehead atoms. The van der Waals surface area contributed by atoms with Crippen LogP contribution in [0.3, 0.4) is 0 Å². The van der Waals surface area contributed by atoms with Crippen LogP contribution in [0.4, 0.5) is 13.2 Å². The molecule has 9 nitrogen and oxygen atoms in total. The highest BCUT2D eigenvalue weighted by Crippen LogP contribution is 2.36. The molecule has 0 amide bonds. The normalized spacial score (nSPS) is 15.1. The maximum Gasteiger partial charge on any atom is 0.417 e. The van der Waals surface area contributed by atoms with E-state index in [9.17, 15) is 18.0 Å². The van der Waals surface area contributed by atoms with Gasteiger partial charge in [0.05, 0.1) is 23.0 Å². The Labute approximate surface area is 184 Å². The molecule has 32 heavy (non-hydrogen) atoms. The number of aromatic nitrogens is 6. The van der Waals surface area contributed by atoms with Crippen molar-refractivity contribution in [2.45, 2.75) is 24.9 Å². The minimum absolute atomic E-state index is 0. The van der Waals surface area contributed by atoms with Crippen LogP contribution in [0, 0.1) is 0 Å². The second kappa shape index (κ2) is 8.36. The summed E-state index contributed by atoms with van der Waals surface area (Å²) in [6.07, 6.45) is 0.648. The Bertz CT molecular complexity index is 1310. The van der Waals surface area contributed by atoms with Gasteiger partial charge < -0.3 is 14.8 Å². The molecule has 1 aliphatic heterocycles. The van der Waals surface area contributed by atoms with Gasteiger partial charge in [-0.25, -0.2) is 4.52 Å². The molecule has 0 aromatic carbocycles. The monoisotopic (exact) mass is 467 g/mol. The van der Waals surface area contributed by atoms with E-state index in [0.717, 1.165) is 50.1 Å². The number of rotatable bonds is 3. The quantitative estimate of drug-likeness (QED) is 0.476. The number of halogens is 4. The van der Waals surface area contributed by atoms with E-state index in [4.69, 9.17) is 4.52 Å². The average molecular weight is 468 g/mol.